The lowest BCUT2D eigenvalue weighted by molar-refractivity contribution is -0.122. The van der Waals surface area contributed by atoms with E-state index in [0.29, 0.717) is 28.3 Å². The number of fused-ring (bicyclic) bond motifs is 1. The number of anilines is 1. The summed E-state index contributed by atoms with van der Waals surface area (Å²) in [7, 11) is 0. The van der Waals surface area contributed by atoms with Gasteiger partial charge in [-0.25, -0.2) is 0 Å². The predicted octanol–water partition coefficient (Wildman–Crippen LogP) is 4.93. The first-order valence-corrected chi connectivity index (χ1v) is 11.2. The summed E-state index contributed by atoms with van der Waals surface area (Å²) in [6.07, 6.45) is 3.11. The minimum atomic E-state index is -0.597. The molecule has 1 fully saturated rings. The van der Waals surface area contributed by atoms with Crippen molar-refractivity contribution in [1.29, 1.82) is 0 Å². The number of rotatable bonds is 4. The highest BCUT2D eigenvalue weighted by Crippen LogP contribution is 2.28. The van der Waals surface area contributed by atoms with Crippen LogP contribution in [0.5, 0.6) is 11.5 Å². The van der Waals surface area contributed by atoms with Crippen LogP contribution in [-0.4, -0.2) is 27.4 Å². The Morgan fingerprint density at radius 2 is 1.57 bits per heavy atom. The largest absolute Gasteiger partial charge is 0.457 e. The van der Waals surface area contributed by atoms with E-state index in [1.54, 1.807) is 30.5 Å². The van der Waals surface area contributed by atoms with Crippen LogP contribution in [0.1, 0.15) is 17.3 Å². The molecule has 1 aliphatic rings. The van der Waals surface area contributed by atoms with Crippen molar-refractivity contribution in [2.24, 2.45) is 0 Å². The Balaban J connectivity index is 1.48. The normalized spacial score (nSPS) is 14.9. The Labute approximate surface area is 206 Å². The minimum absolute atomic E-state index is 0.0139. The lowest BCUT2D eigenvalue weighted by Crippen LogP contribution is -2.54. The molecule has 8 heteroatoms. The Kier molecular flexibility index (Phi) is 5.72. The molecule has 3 aromatic carbocycles. The third-order valence-electron chi connectivity index (χ3n) is 5.56. The number of ether oxygens (including phenoxy) is 1. The van der Waals surface area contributed by atoms with Crippen LogP contribution in [0.3, 0.4) is 0 Å². The van der Waals surface area contributed by atoms with Crippen LogP contribution in [0, 0.1) is 0 Å². The van der Waals surface area contributed by atoms with Gasteiger partial charge in [0.05, 0.1) is 11.2 Å². The fourth-order valence-corrected chi connectivity index (χ4v) is 4.20. The molecule has 0 bridgehead atoms. The summed E-state index contributed by atoms with van der Waals surface area (Å²) in [5, 5.41) is 3.32. The van der Waals surface area contributed by atoms with Gasteiger partial charge < -0.3 is 4.74 Å². The number of carbonyl (C=O) groups is 3. The minimum Gasteiger partial charge on any atom is -0.457 e. The second kappa shape index (κ2) is 9.00. The van der Waals surface area contributed by atoms with Crippen molar-refractivity contribution >= 4 is 57.7 Å². The molecular formula is C27H19N3O4S. The first kappa shape index (κ1) is 22.2. The van der Waals surface area contributed by atoms with Crippen LogP contribution in [0.2, 0.25) is 0 Å². The summed E-state index contributed by atoms with van der Waals surface area (Å²) in [6.45, 7) is 1.45. The van der Waals surface area contributed by atoms with E-state index in [1.807, 2.05) is 54.6 Å². The summed E-state index contributed by atoms with van der Waals surface area (Å²) in [5.41, 5.74) is 1.66. The zero-order valence-corrected chi connectivity index (χ0v) is 19.4. The summed E-state index contributed by atoms with van der Waals surface area (Å²) >= 11 is 5.30. The molecule has 4 aromatic rings. The van der Waals surface area contributed by atoms with Gasteiger partial charge in [-0.2, -0.15) is 0 Å². The molecule has 2 heterocycles. The van der Waals surface area contributed by atoms with Crippen LogP contribution in [0.15, 0.2) is 90.6 Å². The molecule has 0 radical (unpaired) electrons. The van der Waals surface area contributed by atoms with E-state index in [2.05, 4.69) is 5.32 Å². The van der Waals surface area contributed by atoms with Gasteiger partial charge in [-0.15, -0.1) is 0 Å². The molecule has 1 aromatic heterocycles. The molecule has 1 aliphatic heterocycles. The van der Waals surface area contributed by atoms with Gasteiger partial charge in [-0.1, -0.05) is 36.4 Å². The molecular weight excluding hydrogens is 462 g/mol. The number of thiocarbonyl (C=S) groups is 1. The van der Waals surface area contributed by atoms with E-state index >= 15 is 0 Å². The summed E-state index contributed by atoms with van der Waals surface area (Å²) < 4.78 is 7.29. The summed E-state index contributed by atoms with van der Waals surface area (Å²) in [5.74, 6) is -0.0554. The van der Waals surface area contributed by atoms with E-state index in [-0.39, 0.29) is 16.6 Å². The maximum absolute atomic E-state index is 13.4. The molecule has 0 spiro atoms. The number of aromatic nitrogens is 1. The predicted molar refractivity (Wildman–Crippen MR) is 137 cm³/mol. The smallest absolute Gasteiger partial charge is 0.270 e. The third kappa shape index (κ3) is 4.22. The van der Waals surface area contributed by atoms with Crippen molar-refractivity contribution in [3.8, 4) is 11.5 Å². The molecule has 1 saturated heterocycles. The SMILES string of the molecule is CC(=O)n1cc(C=C2C(=O)NC(=S)N(c3ccc(Oc4ccccc4)cc3)C2=O)c2ccccc21. The van der Waals surface area contributed by atoms with E-state index in [1.165, 1.54) is 22.5 Å². The Morgan fingerprint density at radius 3 is 2.29 bits per heavy atom. The van der Waals surface area contributed by atoms with Crippen molar-refractivity contribution in [2.75, 3.05) is 4.90 Å². The molecule has 35 heavy (non-hydrogen) atoms. The van der Waals surface area contributed by atoms with Gasteiger partial charge in [0.25, 0.3) is 11.8 Å². The van der Waals surface area contributed by atoms with Gasteiger partial charge in [0, 0.05) is 24.1 Å². The molecule has 2 amide bonds. The van der Waals surface area contributed by atoms with Crippen LogP contribution < -0.4 is 15.0 Å². The monoisotopic (exact) mass is 481 g/mol. The Morgan fingerprint density at radius 1 is 0.914 bits per heavy atom. The highest BCUT2D eigenvalue weighted by atomic mass is 32.1. The first-order chi connectivity index (χ1) is 16.9. The lowest BCUT2D eigenvalue weighted by atomic mass is 10.1. The molecule has 172 valence electrons. The van der Waals surface area contributed by atoms with E-state index < -0.39 is 11.8 Å². The number of carbonyl (C=O) groups excluding carboxylic acids is 3. The number of amides is 2. The second-order valence-electron chi connectivity index (χ2n) is 7.86. The van der Waals surface area contributed by atoms with Gasteiger partial charge in [0.15, 0.2) is 5.11 Å². The molecule has 1 N–H and O–H groups in total. The standard InChI is InChI=1S/C27H19N3O4S/c1-17(31)29-16-18(22-9-5-6-10-24(22)29)15-23-25(32)28-27(35)30(26(23)33)19-11-13-21(14-12-19)34-20-7-3-2-4-8-20/h2-16H,1H3,(H,28,32,35). The van der Waals surface area contributed by atoms with E-state index in [0.717, 1.165) is 5.39 Å². The average Bonchev–Trinajstić information content (AvgIpc) is 3.22. The van der Waals surface area contributed by atoms with E-state index in [9.17, 15) is 14.4 Å². The zero-order valence-electron chi connectivity index (χ0n) is 18.6. The quantitative estimate of drug-likeness (QED) is 0.254. The molecule has 0 aliphatic carbocycles. The van der Waals surface area contributed by atoms with Crippen LogP contribution in [0.4, 0.5) is 5.69 Å². The Bertz CT molecular complexity index is 1520. The van der Waals surface area contributed by atoms with Crippen LogP contribution in [-0.2, 0) is 9.59 Å². The number of hydrogen-bond acceptors (Lipinski definition) is 5. The first-order valence-electron chi connectivity index (χ1n) is 10.8. The van der Waals surface area contributed by atoms with Gasteiger partial charge in [0.1, 0.15) is 17.1 Å². The summed E-state index contributed by atoms with van der Waals surface area (Å²) in [4.78, 5) is 39.5. The number of benzene rings is 3. The van der Waals surface area contributed by atoms with Gasteiger partial charge >= 0.3 is 0 Å². The van der Waals surface area contributed by atoms with Gasteiger partial charge in [0.2, 0.25) is 5.91 Å². The lowest BCUT2D eigenvalue weighted by Gasteiger charge is -2.29. The number of nitrogens with one attached hydrogen (secondary N) is 1. The van der Waals surface area contributed by atoms with Crippen molar-refractivity contribution in [2.45, 2.75) is 6.92 Å². The average molecular weight is 482 g/mol. The number of nitrogens with zero attached hydrogens (tertiary/aromatic N) is 2. The van der Waals surface area contributed by atoms with Crippen molar-refractivity contribution in [3.63, 3.8) is 0 Å². The van der Waals surface area contributed by atoms with Gasteiger partial charge in [-0.3, -0.25) is 29.2 Å². The zero-order chi connectivity index (χ0) is 24.5. The molecule has 0 unspecified atom stereocenters. The van der Waals surface area contributed by atoms with Crippen molar-refractivity contribution in [1.82, 2.24) is 9.88 Å². The van der Waals surface area contributed by atoms with Crippen molar-refractivity contribution in [3.05, 3.63) is 96.2 Å². The molecule has 0 atom stereocenters. The van der Waals surface area contributed by atoms with Crippen LogP contribution >= 0.6 is 12.2 Å². The molecule has 5 rings (SSSR count). The van der Waals surface area contributed by atoms with E-state index in [4.69, 9.17) is 17.0 Å². The van der Waals surface area contributed by atoms with Crippen molar-refractivity contribution < 1.29 is 19.1 Å². The molecule has 7 nitrogen and oxygen atoms in total. The van der Waals surface area contributed by atoms with Crippen LogP contribution in [0.25, 0.3) is 17.0 Å². The number of para-hydroxylation sites is 2. The highest BCUT2D eigenvalue weighted by Gasteiger charge is 2.34. The maximum atomic E-state index is 13.4. The summed E-state index contributed by atoms with van der Waals surface area (Å²) in [6, 6.07) is 23.5. The second-order valence-corrected chi connectivity index (χ2v) is 8.24. The fraction of sp³-hybridized carbons (Fsp3) is 0.0370. The Hall–Kier alpha value is -4.56. The highest BCUT2D eigenvalue weighted by molar-refractivity contribution is 7.80. The van der Waals surface area contributed by atoms with Gasteiger partial charge in [-0.05, 0) is 60.8 Å². The third-order valence-corrected chi connectivity index (χ3v) is 5.84. The number of hydrogen-bond donors (Lipinski definition) is 1. The maximum Gasteiger partial charge on any atom is 0.270 e. The molecule has 0 saturated carbocycles. The fourth-order valence-electron chi connectivity index (χ4n) is 3.92. The topological polar surface area (TPSA) is 80.6 Å².